The number of nitrogens with one attached hydrogen (secondary N) is 2. The Morgan fingerprint density at radius 2 is 1.90 bits per heavy atom. The van der Waals surface area contributed by atoms with Gasteiger partial charge in [0.1, 0.15) is 0 Å². The van der Waals surface area contributed by atoms with Crippen molar-refractivity contribution < 1.29 is 17.9 Å². The molecule has 6 nitrogen and oxygen atoms in total. The van der Waals surface area contributed by atoms with E-state index in [1.54, 1.807) is 7.11 Å². The second-order valence-corrected chi connectivity index (χ2v) is 7.03. The average molecular weight is 308 g/mol. The monoisotopic (exact) mass is 308 g/mol. The van der Waals surface area contributed by atoms with Crippen molar-refractivity contribution in [2.75, 3.05) is 52.3 Å². The van der Waals surface area contributed by atoms with Crippen LogP contribution in [0.4, 0.5) is 0 Å². The van der Waals surface area contributed by atoms with Crippen LogP contribution in [0.15, 0.2) is 0 Å². The normalized spacial score (nSPS) is 17.4. The van der Waals surface area contributed by atoms with Gasteiger partial charge in [0.15, 0.2) is 0 Å². The standard InChI is InChI=1S/C13H28N2O4S/c1-18-10-11-19-9-3-2-6-15-20(16,17)12-13-4-7-14-8-5-13/h13-15H,2-12H2,1H3. The maximum absolute atomic E-state index is 11.9. The molecule has 0 bridgehead atoms. The van der Waals surface area contributed by atoms with Crippen LogP contribution in [0, 0.1) is 5.92 Å². The third-order valence-corrected chi connectivity index (χ3v) is 4.94. The summed E-state index contributed by atoms with van der Waals surface area (Å²) in [6, 6.07) is 0. The smallest absolute Gasteiger partial charge is 0.211 e. The minimum Gasteiger partial charge on any atom is -0.382 e. The summed E-state index contributed by atoms with van der Waals surface area (Å²) in [5.74, 6) is 0.560. The van der Waals surface area contributed by atoms with Crippen molar-refractivity contribution in [3.8, 4) is 0 Å². The lowest BCUT2D eigenvalue weighted by Gasteiger charge is -2.22. The van der Waals surface area contributed by atoms with Crippen LogP contribution < -0.4 is 10.0 Å². The molecule has 0 atom stereocenters. The highest BCUT2D eigenvalue weighted by molar-refractivity contribution is 7.89. The zero-order valence-electron chi connectivity index (χ0n) is 12.4. The second kappa shape index (κ2) is 10.5. The number of rotatable bonds is 11. The first-order chi connectivity index (χ1) is 9.64. The summed E-state index contributed by atoms with van der Waals surface area (Å²) in [4.78, 5) is 0. The fourth-order valence-corrected chi connectivity index (χ4v) is 3.75. The van der Waals surface area contributed by atoms with Gasteiger partial charge in [-0.1, -0.05) is 0 Å². The van der Waals surface area contributed by atoms with Gasteiger partial charge in [0.2, 0.25) is 10.0 Å². The first kappa shape index (κ1) is 17.8. The van der Waals surface area contributed by atoms with E-state index in [0.29, 0.717) is 32.3 Å². The Kier molecular flexibility index (Phi) is 9.37. The van der Waals surface area contributed by atoms with Gasteiger partial charge in [-0.25, -0.2) is 13.1 Å². The molecule has 1 saturated heterocycles. The van der Waals surface area contributed by atoms with Crippen LogP contribution in [0.25, 0.3) is 0 Å². The van der Waals surface area contributed by atoms with Crippen molar-refractivity contribution in [2.24, 2.45) is 5.92 Å². The molecule has 0 aromatic heterocycles. The summed E-state index contributed by atoms with van der Waals surface area (Å²) in [6.45, 7) is 4.21. The van der Waals surface area contributed by atoms with Gasteiger partial charge in [0.05, 0.1) is 19.0 Å². The van der Waals surface area contributed by atoms with Crippen LogP contribution >= 0.6 is 0 Å². The lowest BCUT2D eigenvalue weighted by molar-refractivity contribution is 0.0689. The Morgan fingerprint density at radius 3 is 2.60 bits per heavy atom. The first-order valence-corrected chi connectivity index (χ1v) is 9.04. The topological polar surface area (TPSA) is 76.7 Å². The summed E-state index contributed by atoms with van der Waals surface area (Å²) >= 11 is 0. The van der Waals surface area contributed by atoms with Crippen LogP contribution in [0.1, 0.15) is 25.7 Å². The zero-order valence-corrected chi connectivity index (χ0v) is 13.2. The van der Waals surface area contributed by atoms with E-state index in [1.807, 2.05) is 0 Å². The van der Waals surface area contributed by atoms with Crippen molar-refractivity contribution in [3.05, 3.63) is 0 Å². The number of piperidine rings is 1. The molecule has 0 aliphatic carbocycles. The molecule has 1 aliphatic heterocycles. The minimum atomic E-state index is -3.12. The molecule has 0 saturated carbocycles. The van der Waals surface area contributed by atoms with Crippen LogP contribution in [-0.2, 0) is 19.5 Å². The van der Waals surface area contributed by atoms with Crippen molar-refractivity contribution in [3.63, 3.8) is 0 Å². The third-order valence-electron chi connectivity index (χ3n) is 3.38. The predicted molar refractivity (Wildman–Crippen MR) is 79.3 cm³/mol. The number of methoxy groups -OCH3 is 1. The highest BCUT2D eigenvalue weighted by atomic mass is 32.2. The zero-order chi connectivity index (χ0) is 14.7. The van der Waals surface area contributed by atoms with E-state index >= 15 is 0 Å². The maximum Gasteiger partial charge on any atom is 0.211 e. The van der Waals surface area contributed by atoms with E-state index in [1.165, 1.54) is 0 Å². The Morgan fingerprint density at radius 1 is 1.15 bits per heavy atom. The SMILES string of the molecule is COCCOCCCCNS(=O)(=O)CC1CCNCC1. The van der Waals surface area contributed by atoms with E-state index in [4.69, 9.17) is 9.47 Å². The van der Waals surface area contributed by atoms with Crippen LogP contribution in [0.3, 0.4) is 0 Å². The second-order valence-electron chi connectivity index (χ2n) is 5.18. The van der Waals surface area contributed by atoms with Crippen molar-refractivity contribution in [1.29, 1.82) is 0 Å². The summed E-state index contributed by atoms with van der Waals surface area (Å²) in [6.07, 6.45) is 3.57. The van der Waals surface area contributed by atoms with Crippen LogP contribution in [-0.4, -0.2) is 60.7 Å². The molecule has 1 fully saturated rings. The summed E-state index contributed by atoms with van der Waals surface area (Å²) in [5, 5.41) is 3.24. The first-order valence-electron chi connectivity index (χ1n) is 7.39. The lowest BCUT2D eigenvalue weighted by atomic mass is 10.0. The summed E-state index contributed by atoms with van der Waals surface area (Å²) < 4.78 is 36.7. The molecule has 1 rings (SSSR count). The largest absolute Gasteiger partial charge is 0.382 e. The Hall–Kier alpha value is -0.210. The van der Waals surface area contributed by atoms with Gasteiger partial charge in [0, 0.05) is 20.3 Å². The molecule has 7 heteroatoms. The number of hydrogen-bond donors (Lipinski definition) is 2. The predicted octanol–water partition coefficient (Wildman–Crippen LogP) is 0.349. The highest BCUT2D eigenvalue weighted by Crippen LogP contribution is 2.13. The molecule has 0 amide bonds. The molecule has 0 radical (unpaired) electrons. The molecule has 0 spiro atoms. The number of sulfonamides is 1. The molecule has 20 heavy (non-hydrogen) atoms. The quantitative estimate of drug-likeness (QED) is 0.539. The fraction of sp³-hybridized carbons (Fsp3) is 1.00. The molecular weight excluding hydrogens is 280 g/mol. The summed E-state index contributed by atoms with van der Waals surface area (Å²) in [7, 11) is -1.48. The van der Waals surface area contributed by atoms with E-state index in [-0.39, 0.29) is 5.75 Å². The molecule has 1 heterocycles. The Balaban J connectivity index is 2.01. The van der Waals surface area contributed by atoms with Gasteiger partial charge in [-0.15, -0.1) is 0 Å². The van der Waals surface area contributed by atoms with E-state index < -0.39 is 10.0 Å². The van der Waals surface area contributed by atoms with Crippen LogP contribution in [0.2, 0.25) is 0 Å². The molecule has 0 aromatic carbocycles. The molecular formula is C13H28N2O4S. The average Bonchev–Trinajstić information content (AvgIpc) is 2.42. The number of unbranched alkanes of at least 4 members (excludes halogenated alkanes) is 1. The van der Waals surface area contributed by atoms with Gasteiger partial charge in [0.25, 0.3) is 0 Å². The number of ether oxygens (including phenoxy) is 2. The van der Waals surface area contributed by atoms with E-state index in [9.17, 15) is 8.42 Å². The number of hydrogen-bond acceptors (Lipinski definition) is 5. The Labute approximate surface area is 122 Å². The van der Waals surface area contributed by atoms with Gasteiger partial charge in [-0.2, -0.15) is 0 Å². The van der Waals surface area contributed by atoms with Crippen LogP contribution in [0.5, 0.6) is 0 Å². The molecule has 2 N–H and O–H groups in total. The van der Waals surface area contributed by atoms with Gasteiger partial charge < -0.3 is 14.8 Å². The third kappa shape index (κ3) is 8.86. The van der Waals surface area contributed by atoms with E-state index in [2.05, 4.69) is 10.0 Å². The molecule has 120 valence electrons. The minimum absolute atomic E-state index is 0.263. The molecule has 1 aliphatic rings. The maximum atomic E-state index is 11.9. The fourth-order valence-electron chi connectivity index (χ4n) is 2.22. The van der Waals surface area contributed by atoms with E-state index in [0.717, 1.165) is 38.8 Å². The highest BCUT2D eigenvalue weighted by Gasteiger charge is 2.20. The lowest BCUT2D eigenvalue weighted by Crippen LogP contribution is -2.36. The van der Waals surface area contributed by atoms with Gasteiger partial charge in [-0.05, 0) is 44.7 Å². The summed E-state index contributed by atoms with van der Waals surface area (Å²) in [5.41, 5.74) is 0. The van der Waals surface area contributed by atoms with Crippen molar-refractivity contribution >= 4 is 10.0 Å². The van der Waals surface area contributed by atoms with Crippen molar-refractivity contribution in [1.82, 2.24) is 10.0 Å². The van der Waals surface area contributed by atoms with Gasteiger partial charge >= 0.3 is 0 Å². The van der Waals surface area contributed by atoms with Gasteiger partial charge in [-0.3, -0.25) is 0 Å². The molecule has 0 unspecified atom stereocenters. The molecule has 0 aromatic rings. The Bertz CT molecular complexity index is 329. The van der Waals surface area contributed by atoms with Crippen molar-refractivity contribution in [2.45, 2.75) is 25.7 Å².